The van der Waals surface area contributed by atoms with Crippen molar-refractivity contribution in [2.75, 3.05) is 0 Å². The van der Waals surface area contributed by atoms with Gasteiger partial charge >= 0.3 is 17.1 Å². The summed E-state index contributed by atoms with van der Waals surface area (Å²) in [6, 6.07) is 0. The summed E-state index contributed by atoms with van der Waals surface area (Å²) in [4.78, 5) is 8.89. The Kier molecular flexibility index (Phi) is 6.83. The maximum Gasteiger partial charge on any atom is 1.00 e. The zero-order valence-electron chi connectivity index (χ0n) is 2.36. The van der Waals surface area contributed by atoms with Crippen LogP contribution >= 0.6 is 0 Å². The second kappa shape index (κ2) is 3.86. The van der Waals surface area contributed by atoms with E-state index in [1.54, 1.807) is 0 Å². The fraction of sp³-hybridized carbons (Fsp3) is 0. The number of hydrogen-bond donors (Lipinski definition) is 1. The van der Waals surface area contributed by atoms with Crippen LogP contribution in [0.15, 0.2) is 0 Å². The number of carbonyl (C=O) groups is 1. The molecule has 3 heteroatoms. The van der Waals surface area contributed by atoms with Crippen molar-refractivity contribution in [1.82, 2.24) is 0 Å². The van der Waals surface area contributed by atoms with Crippen molar-refractivity contribution in [2.45, 2.75) is 0 Å². The van der Waals surface area contributed by atoms with Gasteiger partial charge in [0.2, 0.25) is 0 Å². The Morgan fingerprint density at radius 1 is 1.80 bits per heavy atom. The molecule has 0 aliphatic heterocycles. The Balaban J connectivity index is 0. The van der Waals surface area contributed by atoms with Gasteiger partial charge in [-0.2, -0.15) is 0 Å². The van der Waals surface area contributed by atoms with Crippen LogP contribution in [0, 0.1) is 6.92 Å². The predicted molar refractivity (Wildman–Crippen MR) is 13.0 cm³/mol. The van der Waals surface area contributed by atoms with Gasteiger partial charge in [0.15, 0.2) is 5.97 Å². The molecule has 5 heavy (non-hydrogen) atoms. The third-order valence-electron chi connectivity index (χ3n) is 0. The molecule has 0 saturated heterocycles. The molecular weight excluding hydrogens is 120 g/mol. The molecule has 0 saturated carbocycles. The van der Waals surface area contributed by atoms with Gasteiger partial charge in [0.05, 0.1) is 0 Å². The van der Waals surface area contributed by atoms with Crippen molar-refractivity contribution in [1.29, 1.82) is 0 Å². The molecule has 0 aliphatic carbocycles. The van der Waals surface area contributed by atoms with Crippen LogP contribution in [0.2, 0.25) is 0 Å². The van der Waals surface area contributed by atoms with Crippen molar-refractivity contribution in [2.24, 2.45) is 0 Å². The molecule has 0 atom stereocenters. The van der Waals surface area contributed by atoms with Crippen LogP contribution in [0.4, 0.5) is 0 Å². The smallest absolute Gasteiger partial charge is 0.503 e. The molecule has 0 aromatic heterocycles. The van der Waals surface area contributed by atoms with Crippen LogP contribution in [-0.2, 0) is 21.9 Å². The van der Waals surface area contributed by atoms with E-state index in [-0.39, 0.29) is 17.1 Å². The monoisotopic (exact) mass is 122 g/mol. The number of carboxylic acids is 1. The molecule has 0 bridgehead atoms. The summed E-state index contributed by atoms with van der Waals surface area (Å²) in [6.07, 6.45) is 0. The molecule has 0 amide bonds. The van der Waals surface area contributed by atoms with Gasteiger partial charge in [-0.3, -0.25) is 11.7 Å². The van der Waals surface area contributed by atoms with Gasteiger partial charge in [0.1, 0.15) is 0 Å². The number of hydrogen-bond acceptors (Lipinski definition) is 1. The van der Waals surface area contributed by atoms with Crippen LogP contribution in [0.5, 0.6) is 0 Å². The summed E-state index contributed by atoms with van der Waals surface area (Å²) in [5.74, 6) is -1.08. The molecule has 2 nitrogen and oxygen atoms in total. The minimum Gasteiger partial charge on any atom is -0.503 e. The Labute approximate surface area is 40.7 Å². The van der Waals surface area contributed by atoms with Gasteiger partial charge < -0.3 is 5.11 Å². The number of carboxylic acid groups (broad SMARTS) is 1. The standard InChI is InChI=1S/C2H3O2.Cu/c1-2(3)4;/h1H2,(H,3,4);/q-1;+1. The fourth-order valence-electron chi connectivity index (χ4n) is 0. The van der Waals surface area contributed by atoms with Gasteiger partial charge in [-0.1, -0.05) is 0 Å². The van der Waals surface area contributed by atoms with Crippen LogP contribution in [0.25, 0.3) is 0 Å². The number of aliphatic carboxylic acids is 1. The van der Waals surface area contributed by atoms with Crippen molar-refractivity contribution in [3.63, 3.8) is 0 Å². The maximum atomic E-state index is 8.89. The predicted octanol–water partition coefficient (Wildman–Crippen LogP) is -0.0974. The molecule has 0 aromatic rings. The maximum absolute atomic E-state index is 8.89. The molecule has 0 rings (SSSR count). The summed E-state index contributed by atoms with van der Waals surface area (Å²) in [5.41, 5.74) is 0. The van der Waals surface area contributed by atoms with Gasteiger partial charge in [0.25, 0.3) is 0 Å². The van der Waals surface area contributed by atoms with E-state index >= 15 is 0 Å². The normalized spacial score (nSPS) is 4.80. The molecule has 1 N–H and O–H groups in total. The topological polar surface area (TPSA) is 37.3 Å². The molecule has 0 unspecified atom stereocenters. The Bertz CT molecular complexity index is 30.6. The summed E-state index contributed by atoms with van der Waals surface area (Å²) >= 11 is 0. The zero-order valence-corrected chi connectivity index (χ0v) is 3.31. The first-order valence-corrected chi connectivity index (χ1v) is 0.781. The van der Waals surface area contributed by atoms with E-state index < -0.39 is 5.97 Å². The molecule has 0 heterocycles. The SMILES string of the molecule is [CH2-]C(=O)O.[Cu+]. The average molecular weight is 123 g/mol. The van der Waals surface area contributed by atoms with Gasteiger partial charge in [0, 0.05) is 0 Å². The second-order valence-electron chi connectivity index (χ2n) is 0.394. The third kappa shape index (κ3) is 676. The van der Waals surface area contributed by atoms with Crippen molar-refractivity contribution < 1.29 is 27.0 Å². The van der Waals surface area contributed by atoms with Crippen LogP contribution < -0.4 is 0 Å². The van der Waals surface area contributed by atoms with Crippen molar-refractivity contribution in [3.8, 4) is 0 Å². The quantitative estimate of drug-likeness (QED) is 0.360. The molecular formula is C2H3CuO2. The van der Waals surface area contributed by atoms with Gasteiger partial charge in [-0.05, 0) is 0 Å². The molecule has 0 aromatic carbocycles. The summed E-state index contributed by atoms with van der Waals surface area (Å²) in [7, 11) is 0. The average Bonchev–Trinajstić information content (AvgIpc) is 0.811. The van der Waals surface area contributed by atoms with E-state index in [9.17, 15) is 0 Å². The van der Waals surface area contributed by atoms with E-state index in [1.165, 1.54) is 0 Å². The molecule has 0 fully saturated rings. The number of rotatable bonds is 0. The van der Waals surface area contributed by atoms with E-state index in [0.717, 1.165) is 0 Å². The van der Waals surface area contributed by atoms with Crippen LogP contribution in [-0.4, -0.2) is 11.1 Å². The summed E-state index contributed by atoms with van der Waals surface area (Å²) < 4.78 is 0. The van der Waals surface area contributed by atoms with Gasteiger partial charge in [-0.25, -0.2) is 0 Å². The van der Waals surface area contributed by atoms with Gasteiger partial charge in [-0.15, -0.1) is 0 Å². The first kappa shape index (κ1) is 8.85. The van der Waals surface area contributed by atoms with Crippen LogP contribution in [0.3, 0.4) is 0 Å². The summed E-state index contributed by atoms with van der Waals surface area (Å²) in [6.45, 7) is 2.56. The van der Waals surface area contributed by atoms with E-state index in [1.807, 2.05) is 0 Å². The second-order valence-corrected chi connectivity index (χ2v) is 0.394. The van der Waals surface area contributed by atoms with E-state index in [4.69, 9.17) is 9.90 Å². The van der Waals surface area contributed by atoms with Crippen molar-refractivity contribution >= 4 is 5.97 Å². The van der Waals surface area contributed by atoms with E-state index in [0.29, 0.717) is 0 Å². The third-order valence-corrected chi connectivity index (χ3v) is 0. The zero-order chi connectivity index (χ0) is 3.58. The minimum absolute atomic E-state index is 0. The molecule has 0 aliphatic rings. The first-order valence-electron chi connectivity index (χ1n) is 0.781. The van der Waals surface area contributed by atoms with E-state index in [2.05, 4.69) is 6.92 Å². The molecule has 34 valence electrons. The minimum atomic E-state index is -1.08. The Morgan fingerprint density at radius 3 is 1.80 bits per heavy atom. The van der Waals surface area contributed by atoms with Crippen LogP contribution in [0.1, 0.15) is 0 Å². The summed E-state index contributed by atoms with van der Waals surface area (Å²) in [5, 5.41) is 7.31. The molecule has 0 radical (unpaired) electrons. The molecule has 0 spiro atoms. The first-order chi connectivity index (χ1) is 1.73. The fourth-order valence-corrected chi connectivity index (χ4v) is 0. The van der Waals surface area contributed by atoms with Crippen molar-refractivity contribution in [3.05, 3.63) is 6.92 Å². The Morgan fingerprint density at radius 2 is 1.80 bits per heavy atom. The Hall–Kier alpha value is -0.141. The largest absolute Gasteiger partial charge is 1.00 e.